The summed E-state index contributed by atoms with van der Waals surface area (Å²) in [7, 11) is 0. The molecule has 0 radical (unpaired) electrons. The van der Waals surface area contributed by atoms with E-state index < -0.39 is 190 Å². The SMILES string of the molecule is CCc1cc(NC[C@](O)(C(Nc2cc(CC)nc(-c3cc(F)c(F)c(F)c3)n2)C(O)CO)[C@](O)(C(Nc2cc(C)nc(-c3ccc(Br)c(F)c3)n2)C(O)CO)C(Nc2cc(C)nc(-c3cc(F)cc(F)c3F)n2)[C@@H](O)CO)nc(-c2cc(F)c(F)c(F)c2)n1. The number of hydrogen-bond donors (Lipinski definition) is 12. The second-order valence-corrected chi connectivity index (χ2v) is 21.2. The van der Waals surface area contributed by atoms with E-state index in [0.29, 0.717) is 30.3 Å². The summed E-state index contributed by atoms with van der Waals surface area (Å²) in [5, 5.41) is 110. The number of aryl methyl sites for hydroxylation is 4. The topological polar surface area (TPSA) is 313 Å². The zero-order valence-electron chi connectivity index (χ0n) is 47.0. The van der Waals surface area contributed by atoms with Gasteiger partial charge < -0.3 is 62.1 Å². The van der Waals surface area contributed by atoms with Gasteiger partial charge in [-0.25, -0.2) is 83.8 Å². The molecule has 20 nitrogen and oxygen atoms in total. The predicted molar refractivity (Wildman–Crippen MR) is 305 cm³/mol. The van der Waals surface area contributed by atoms with Gasteiger partial charge >= 0.3 is 0 Å². The van der Waals surface area contributed by atoms with Crippen molar-refractivity contribution in [1.29, 1.82) is 0 Å². The fourth-order valence-electron chi connectivity index (χ4n) is 9.82. The lowest BCUT2D eigenvalue weighted by molar-refractivity contribution is -0.209. The molecule has 4 heterocycles. The molecule has 4 aromatic heterocycles. The van der Waals surface area contributed by atoms with E-state index in [0.717, 1.165) is 18.2 Å². The highest BCUT2D eigenvalue weighted by Gasteiger charge is 2.66. The number of nitrogens with zero attached hydrogens (tertiary/aromatic N) is 8. The molecule has 8 aromatic rings. The number of nitrogens with one attached hydrogen (secondary N) is 4. The van der Waals surface area contributed by atoms with E-state index in [-0.39, 0.29) is 57.5 Å². The number of aliphatic hydroxyl groups is 8. The van der Waals surface area contributed by atoms with E-state index in [4.69, 9.17) is 0 Å². The first-order valence-corrected chi connectivity index (χ1v) is 27.7. The van der Waals surface area contributed by atoms with Crippen LogP contribution in [0.15, 0.2) is 83.3 Å². The van der Waals surface area contributed by atoms with Crippen molar-refractivity contribution in [3.05, 3.63) is 164 Å². The predicted octanol–water partition coefficient (Wildman–Crippen LogP) is 6.79. The lowest BCUT2D eigenvalue weighted by Gasteiger charge is -2.57. The van der Waals surface area contributed by atoms with Gasteiger partial charge in [-0.05, 0) is 91.1 Å². The number of benzene rings is 4. The van der Waals surface area contributed by atoms with Crippen LogP contribution in [0.1, 0.15) is 36.6 Å². The number of rotatable bonds is 25. The number of aliphatic hydroxyl groups excluding tert-OH is 6. The summed E-state index contributed by atoms with van der Waals surface area (Å²) in [5.74, 6) is -19.8. The normalized spacial score (nSPS) is 15.1. The van der Waals surface area contributed by atoms with E-state index >= 15 is 8.78 Å². The van der Waals surface area contributed by atoms with Crippen molar-refractivity contribution < 1.29 is 84.8 Å². The van der Waals surface area contributed by atoms with Crippen LogP contribution in [0.3, 0.4) is 0 Å². The van der Waals surface area contributed by atoms with Crippen LogP contribution in [-0.2, 0) is 12.8 Å². The summed E-state index contributed by atoms with van der Waals surface area (Å²) in [6.07, 6.45) is -7.50. The molecule has 0 spiro atoms. The maximum absolute atomic E-state index is 15.6. The maximum Gasteiger partial charge on any atom is 0.194 e. The first-order chi connectivity index (χ1) is 42.1. The lowest BCUT2D eigenvalue weighted by Crippen LogP contribution is -2.82. The Bertz CT molecular complexity index is 3870. The van der Waals surface area contributed by atoms with Crippen molar-refractivity contribution in [3.63, 3.8) is 0 Å². The molecule has 89 heavy (non-hydrogen) atoms. The third-order valence-corrected chi connectivity index (χ3v) is 14.9. The number of anilines is 4. The molecule has 0 aliphatic carbocycles. The van der Waals surface area contributed by atoms with Gasteiger partial charge in [0.15, 0.2) is 69.8 Å². The van der Waals surface area contributed by atoms with E-state index in [9.17, 15) is 76.0 Å². The monoisotopic (exact) mass is 1320 g/mol. The van der Waals surface area contributed by atoms with Crippen LogP contribution < -0.4 is 21.3 Å². The Morgan fingerprint density at radius 3 is 1.31 bits per heavy atom. The fourth-order valence-corrected chi connectivity index (χ4v) is 10.1. The first-order valence-electron chi connectivity index (χ1n) is 26.9. The first kappa shape index (κ1) is 66.8. The van der Waals surface area contributed by atoms with E-state index in [1.165, 1.54) is 38.1 Å². The molecule has 0 bridgehead atoms. The lowest BCUT2D eigenvalue weighted by atomic mass is 9.64. The molecule has 12 N–H and O–H groups in total. The highest BCUT2D eigenvalue weighted by Crippen LogP contribution is 2.42. The number of hydrogen-bond acceptors (Lipinski definition) is 20. The highest BCUT2D eigenvalue weighted by molar-refractivity contribution is 9.10. The Labute approximate surface area is 507 Å². The molecule has 8 rings (SSSR count). The summed E-state index contributed by atoms with van der Waals surface area (Å²) in [4.78, 5) is 34.4. The van der Waals surface area contributed by atoms with Gasteiger partial charge in [-0.1, -0.05) is 13.8 Å². The van der Waals surface area contributed by atoms with Crippen LogP contribution >= 0.6 is 15.9 Å². The standard InChI is InChI=1S/C58H55BrF10N12O8/c1-5-30-18-43(78-54(73-30)27-12-35(62)48(68)36(63)13-27)70-23-57(88,50(40(85)20-82)75-46-19-31(6-2)74-55(80-46)28-14-37(64)49(69)38(65)15-28)58(89,51(41(86)21-83)76-44-9-24(3)71-53(79-44)26-7-8-33(59)34(61)11-26)52(42(87)22-84)77-45-10-25(4)72-56(81-45)32-16-29(60)17-39(66)47(32)67/h7-19,40-42,50-52,82-89H,5-6,20-23H2,1-4H3,(H,70,73,78)(H,71,76,79)(H,72,77,81)(H,74,75,80)/t40?,41?,42-,50?,51?,52?,57-,58-/m0/s1. The average molecular weight is 1320 g/mol. The van der Waals surface area contributed by atoms with Crippen LogP contribution in [-0.4, -0.2) is 155 Å². The Hall–Kier alpha value is -8.14. The second-order valence-electron chi connectivity index (χ2n) is 20.4. The van der Waals surface area contributed by atoms with Gasteiger partial charge in [0.25, 0.3) is 0 Å². The Morgan fingerprint density at radius 2 is 0.843 bits per heavy atom. The highest BCUT2D eigenvalue weighted by atomic mass is 79.9. The molecule has 0 saturated carbocycles. The summed E-state index contributed by atoms with van der Waals surface area (Å²) < 4.78 is 148. The van der Waals surface area contributed by atoms with Crippen molar-refractivity contribution in [2.45, 2.75) is 88.2 Å². The van der Waals surface area contributed by atoms with E-state index in [1.54, 1.807) is 13.8 Å². The summed E-state index contributed by atoms with van der Waals surface area (Å²) in [6.45, 7) is 0.156. The molecule has 5 unspecified atom stereocenters. The van der Waals surface area contributed by atoms with Gasteiger partial charge in [0.1, 0.15) is 64.4 Å². The van der Waals surface area contributed by atoms with E-state index in [2.05, 4.69) is 77.1 Å². The van der Waals surface area contributed by atoms with Gasteiger partial charge in [-0.2, -0.15) is 0 Å². The van der Waals surface area contributed by atoms with Crippen molar-refractivity contribution in [2.24, 2.45) is 0 Å². The molecule has 8 atom stereocenters. The van der Waals surface area contributed by atoms with Gasteiger partial charge in [0.2, 0.25) is 0 Å². The van der Waals surface area contributed by atoms with Crippen LogP contribution in [0.2, 0.25) is 0 Å². The largest absolute Gasteiger partial charge is 0.394 e. The smallest absolute Gasteiger partial charge is 0.194 e. The Kier molecular flexibility index (Phi) is 20.8. The van der Waals surface area contributed by atoms with Crippen LogP contribution in [0, 0.1) is 72.0 Å². The molecule has 0 amide bonds. The minimum Gasteiger partial charge on any atom is -0.394 e. The second kappa shape index (κ2) is 27.7. The van der Waals surface area contributed by atoms with Crippen LogP contribution in [0.4, 0.5) is 67.2 Å². The number of halogens is 11. The summed E-state index contributed by atoms with van der Waals surface area (Å²) in [6, 6.07) is 3.59. The van der Waals surface area contributed by atoms with Gasteiger partial charge in [0.05, 0.1) is 54.5 Å². The number of aromatic nitrogens is 8. The minimum absolute atomic E-state index is 0.0138. The maximum atomic E-state index is 15.6. The Balaban J connectivity index is 1.45. The zero-order chi connectivity index (χ0) is 65.0. The van der Waals surface area contributed by atoms with Gasteiger partial charge in [0, 0.05) is 69.8 Å². The molecular formula is C58H55BrF10N12O8. The van der Waals surface area contributed by atoms with Crippen LogP contribution in [0.25, 0.3) is 45.6 Å². The molecule has 0 saturated heterocycles. The molecule has 0 aliphatic heterocycles. The summed E-state index contributed by atoms with van der Waals surface area (Å²) in [5.41, 5.74) is -9.17. The summed E-state index contributed by atoms with van der Waals surface area (Å²) >= 11 is 3.08. The van der Waals surface area contributed by atoms with Crippen molar-refractivity contribution in [2.75, 3.05) is 47.6 Å². The molecule has 472 valence electrons. The fraction of sp³-hybridized carbons (Fsp3) is 0.310. The molecule has 4 aromatic carbocycles. The van der Waals surface area contributed by atoms with Gasteiger partial charge in [-0.15, -0.1) is 0 Å². The molecule has 0 aliphatic rings. The molecule has 31 heteroatoms. The van der Waals surface area contributed by atoms with E-state index in [1.807, 2.05) is 0 Å². The van der Waals surface area contributed by atoms with Crippen molar-refractivity contribution in [3.8, 4) is 45.6 Å². The minimum atomic E-state index is -3.81. The third kappa shape index (κ3) is 14.3. The van der Waals surface area contributed by atoms with Crippen LogP contribution in [0.5, 0.6) is 0 Å². The molecular weight excluding hydrogens is 1260 g/mol. The van der Waals surface area contributed by atoms with Gasteiger partial charge in [-0.3, -0.25) is 0 Å². The van der Waals surface area contributed by atoms with Crippen molar-refractivity contribution in [1.82, 2.24) is 39.9 Å². The zero-order valence-corrected chi connectivity index (χ0v) is 48.6. The quantitative estimate of drug-likeness (QED) is 0.0159. The Morgan fingerprint density at radius 1 is 0.449 bits per heavy atom. The average Bonchev–Trinajstić information content (AvgIpc) is 0.737. The van der Waals surface area contributed by atoms with Crippen molar-refractivity contribution >= 4 is 39.2 Å². The molecule has 0 fully saturated rings. The third-order valence-electron chi connectivity index (χ3n) is 14.2.